The lowest BCUT2D eigenvalue weighted by Gasteiger charge is -2.16. The number of likely N-dealkylation sites (tertiary alicyclic amines) is 1. The normalized spacial score (nSPS) is 19.6. The number of ketones is 1. The number of hydrogen-bond donors (Lipinski definition) is 0. The number of ether oxygens (including phenoxy) is 2. The Morgan fingerprint density at radius 1 is 1.42 bits per heavy atom. The SMILES string of the molecule is COC1CCN(CCOc2ccccc2C(C)=O)C1. The highest BCUT2D eigenvalue weighted by Crippen LogP contribution is 2.18. The van der Waals surface area contributed by atoms with Crippen molar-refractivity contribution in [2.45, 2.75) is 19.4 Å². The summed E-state index contributed by atoms with van der Waals surface area (Å²) in [6.45, 7) is 5.04. The van der Waals surface area contributed by atoms with E-state index in [1.807, 2.05) is 18.2 Å². The minimum Gasteiger partial charge on any atom is -0.491 e. The van der Waals surface area contributed by atoms with Crippen LogP contribution < -0.4 is 4.74 Å². The first-order valence-corrected chi connectivity index (χ1v) is 6.68. The van der Waals surface area contributed by atoms with Gasteiger partial charge in [0, 0.05) is 26.7 Å². The molecule has 1 fully saturated rings. The highest BCUT2D eigenvalue weighted by Gasteiger charge is 2.21. The molecule has 1 aromatic carbocycles. The lowest BCUT2D eigenvalue weighted by molar-refractivity contribution is 0.101. The topological polar surface area (TPSA) is 38.8 Å². The molecule has 104 valence electrons. The smallest absolute Gasteiger partial charge is 0.163 e. The fraction of sp³-hybridized carbons (Fsp3) is 0.533. The van der Waals surface area contributed by atoms with Crippen LogP contribution in [0.4, 0.5) is 0 Å². The first-order chi connectivity index (χ1) is 9.20. The first kappa shape index (κ1) is 14.0. The molecular weight excluding hydrogens is 242 g/mol. The molecule has 1 atom stereocenters. The second-order valence-electron chi connectivity index (χ2n) is 4.85. The molecule has 1 aliphatic rings. The summed E-state index contributed by atoms with van der Waals surface area (Å²) in [6, 6.07) is 7.39. The summed E-state index contributed by atoms with van der Waals surface area (Å²) in [4.78, 5) is 13.8. The minimum atomic E-state index is 0.0382. The van der Waals surface area contributed by atoms with E-state index in [4.69, 9.17) is 9.47 Å². The lowest BCUT2D eigenvalue weighted by atomic mass is 10.1. The van der Waals surface area contributed by atoms with E-state index in [2.05, 4.69) is 4.90 Å². The van der Waals surface area contributed by atoms with Gasteiger partial charge in [-0.05, 0) is 25.5 Å². The summed E-state index contributed by atoms with van der Waals surface area (Å²) >= 11 is 0. The number of carbonyl (C=O) groups is 1. The van der Waals surface area contributed by atoms with Crippen molar-refractivity contribution in [2.75, 3.05) is 33.4 Å². The average molecular weight is 263 g/mol. The molecule has 0 aromatic heterocycles. The average Bonchev–Trinajstić information content (AvgIpc) is 2.87. The van der Waals surface area contributed by atoms with Gasteiger partial charge in [0.2, 0.25) is 0 Å². The van der Waals surface area contributed by atoms with Crippen molar-refractivity contribution in [3.8, 4) is 5.75 Å². The third-order valence-corrected chi connectivity index (χ3v) is 3.49. The van der Waals surface area contributed by atoms with E-state index in [0.29, 0.717) is 24.0 Å². The van der Waals surface area contributed by atoms with Gasteiger partial charge in [-0.25, -0.2) is 0 Å². The predicted molar refractivity (Wildman–Crippen MR) is 73.8 cm³/mol. The zero-order valence-corrected chi connectivity index (χ0v) is 11.6. The molecule has 1 saturated heterocycles. The summed E-state index contributed by atoms with van der Waals surface area (Å²) in [5.41, 5.74) is 0.652. The van der Waals surface area contributed by atoms with Crippen molar-refractivity contribution in [3.63, 3.8) is 0 Å². The molecule has 0 N–H and O–H groups in total. The van der Waals surface area contributed by atoms with Crippen LogP contribution in [0.25, 0.3) is 0 Å². The molecule has 4 nitrogen and oxygen atoms in total. The van der Waals surface area contributed by atoms with Crippen LogP contribution in [0.5, 0.6) is 5.75 Å². The molecule has 0 bridgehead atoms. The van der Waals surface area contributed by atoms with Crippen molar-refractivity contribution >= 4 is 5.78 Å². The molecule has 2 rings (SSSR count). The van der Waals surface area contributed by atoms with Gasteiger partial charge in [0.15, 0.2) is 5.78 Å². The number of nitrogens with zero attached hydrogens (tertiary/aromatic N) is 1. The van der Waals surface area contributed by atoms with Crippen LogP contribution in [-0.2, 0) is 4.74 Å². The Hall–Kier alpha value is -1.39. The monoisotopic (exact) mass is 263 g/mol. The van der Waals surface area contributed by atoms with Crippen LogP contribution in [-0.4, -0.2) is 50.1 Å². The van der Waals surface area contributed by atoms with Gasteiger partial charge in [-0.3, -0.25) is 9.69 Å². The van der Waals surface area contributed by atoms with Crippen molar-refractivity contribution in [3.05, 3.63) is 29.8 Å². The van der Waals surface area contributed by atoms with Crippen LogP contribution >= 0.6 is 0 Å². The van der Waals surface area contributed by atoms with Crippen molar-refractivity contribution in [2.24, 2.45) is 0 Å². The maximum absolute atomic E-state index is 11.5. The zero-order chi connectivity index (χ0) is 13.7. The van der Waals surface area contributed by atoms with E-state index >= 15 is 0 Å². The Labute approximate surface area is 114 Å². The quantitative estimate of drug-likeness (QED) is 0.736. The van der Waals surface area contributed by atoms with Crippen LogP contribution in [0.3, 0.4) is 0 Å². The molecule has 1 unspecified atom stereocenters. The van der Waals surface area contributed by atoms with E-state index in [1.165, 1.54) is 0 Å². The molecule has 0 radical (unpaired) electrons. The Bertz CT molecular complexity index is 433. The zero-order valence-electron chi connectivity index (χ0n) is 11.6. The number of carbonyl (C=O) groups excluding carboxylic acids is 1. The number of benzene rings is 1. The number of hydrogen-bond acceptors (Lipinski definition) is 4. The molecule has 0 spiro atoms. The molecular formula is C15H21NO3. The highest BCUT2D eigenvalue weighted by molar-refractivity contribution is 5.96. The fourth-order valence-corrected chi connectivity index (χ4v) is 2.36. The van der Waals surface area contributed by atoms with E-state index < -0.39 is 0 Å². The Morgan fingerprint density at radius 2 is 2.21 bits per heavy atom. The van der Waals surface area contributed by atoms with Gasteiger partial charge >= 0.3 is 0 Å². The number of methoxy groups -OCH3 is 1. The highest BCUT2D eigenvalue weighted by atomic mass is 16.5. The second kappa shape index (κ2) is 6.68. The van der Waals surface area contributed by atoms with Crippen molar-refractivity contribution in [1.29, 1.82) is 0 Å². The Kier molecular flexibility index (Phi) is 4.93. The van der Waals surface area contributed by atoms with E-state index in [1.54, 1.807) is 20.1 Å². The minimum absolute atomic E-state index is 0.0382. The predicted octanol–water partition coefficient (Wildman–Crippen LogP) is 1.99. The number of rotatable bonds is 6. The van der Waals surface area contributed by atoms with Gasteiger partial charge in [0.1, 0.15) is 12.4 Å². The first-order valence-electron chi connectivity index (χ1n) is 6.68. The van der Waals surface area contributed by atoms with E-state index in [0.717, 1.165) is 26.1 Å². The molecule has 0 aliphatic carbocycles. The van der Waals surface area contributed by atoms with Crippen molar-refractivity contribution in [1.82, 2.24) is 4.90 Å². The van der Waals surface area contributed by atoms with Crippen molar-refractivity contribution < 1.29 is 14.3 Å². The summed E-state index contributed by atoms with van der Waals surface area (Å²) in [5.74, 6) is 0.716. The Morgan fingerprint density at radius 3 is 2.89 bits per heavy atom. The van der Waals surface area contributed by atoms with Crippen LogP contribution in [0, 0.1) is 0 Å². The number of para-hydroxylation sites is 1. The van der Waals surface area contributed by atoms with Gasteiger partial charge in [0.25, 0.3) is 0 Å². The molecule has 0 amide bonds. The molecule has 1 aromatic rings. The van der Waals surface area contributed by atoms with Gasteiger partial charge in [-0.1, -0.05) is 12.1 Å². The summed E-state index contributed by atoms with van der Waals surface area (Å²) in [7, 11) is 1.76. The third kappa shape index (κ3) is 3.78. The third-order valence-electron chi connectivity index (χ3n) is 3.49. The standard InChI is InChI=1S/C15H21NO3/c1-12(17)14-5-3-4-6-15(14)19-10-9-16-8-7-13(11-16)18-2/h3-6,13H,7-11H2,1-2H3. The summed E-state index contributed by atoms with van der Waals surface area (Å²) in [6.07, 6.45) is 1.44. The fourth-order valence-electron chi connectivity index (χ4n) is 2.36. The number of Topliss-reactive ketones (excluding diaryl/α,β-unsaturated/α-hetero) is 1. The summed E-state index contributed by atoms with van der Waals surface area (Å²) < 4.78 is 11.1. The van der Waals surface area contributed by atoms with Crippen LogP contribution in [0.15, 0.2) is 24.3 Å². The summed E-state index contributed by atoms with van der Waals surface area (Å²) in [5, 5.41) is 0. The van der Waals surface area contributed by atoms with Gasteiger partial charge in [-0.15, -0.1) is 0 Å². The molecule has 0 saturated carbocycles. The van der Waals surface area contributed by atoms with E-state index in [-0.39, 0.29) is 5.78 Å². The molecule has 1 aliphatic heterocycles. The van der Waals surface area contributed by atoms with Crippen LogP contribution in [0.2, 0.25) is 0 Å². The molecule has 4 heteroatoms. The van der Waals surface area contributed by atoms with Crippen LogP contribution in [0.1, 0.15) is 23.7 Å². The second-order valence-corrected chi connectivity index (χ2v) is 4.85. The maximum Gasteiger partial charge on any atom is 0.163 e. The maximum atomic E-state index is 11.5. The molecule has 19 heavy (non-hydrogen) atoms. The van der Waals surface area contributed by atoms with Gasteiger partial charge in [-0.2, -0.15) is 0 Å². The van der Waals surface area contributed by atoms with Gasteiger partial charge in [0.05, 0.1) is 11.7 Å². The Balaban J connectivity index is 1.82. The lowest BCUT2D eigenvalue weighted by Crippen LogP contribution is -2.27. The van der Waals surface area contributed by atoms with Gasteiger partial charge < -0.3 is 9.47 Å². The molecule has 1 heterocycles. The largest absolute Gasteiger partial charge is 0.491 e. The van der Waals surface area contributed by atoms with E-state index in [9.17, 15) is 4.79 Å².